The second kappa shape index (κ2) is 4.96. The number of hydrogen-bond acceptors (Lipinski definition) is 5. The molecular weight excluding hydrogens is 245 g/mol. The molecule has 98 valence electrons. The van der Waals surface area contributed by atoms with Crippen LogP contribution in [0.25, 0.3) is 0 Å². The van der Waals surface area contributed by atoms with Gasteiger partial charge in [-0.3, -0.25) is 14.9 Å². The smallest absolute Gasteiger partial charge is 0.314 e. The lowest BCUT2D eigenvalue weighted by molar-refractivity contribution is -0.386. The summed E-state index contributed by atoms with van der Waals surface area (Å²) in [5.41, 5.74) is 8.40. The molecule has 0 saturated carbocycles. The van der Waals surface area contributed by atoms with Crippen molar-refractivity contribution in [1.82, 2.24) is 0 Å². The van der Waals surface area contributed by atoms with Crippen molar-refractivity contribution in [2.24, 2.45) is 11.5 Å². The third-order valence-electron chi connectivity index (χ3n) is 2.22. The molecule has 1 unspecified atom stereocenters. The first-order valence-corrected chi connectivity index (χ1v) is 4.90. The van der Waals surface area contributed by atoms with Crippen molar-refractivity contribution in [2.75, 3.05) is 6.61 Å². The number of hydrogen-bond donors (Lipinski definition) is 2. The van der Waals surface area contributed by atoms with Crippen LogP contribution in [0.15, 0.2) is 18.2 Å². The Morgan fingerprint density at radius 1 is 1.61 bits per heavy atom. The molecule has 8 heteroatoms. The summed E-state index contributed by atoms with van der Waals surface area (Å²) in [6.45, 7) is 0.812. The lowest BCUT2D eigenvalue weighted by Gasteiger charge is -2.20. The molecule has 1 aromatic carbocycles. The quantitative estimate of drug-likeness (QED) is 0.580. The Kier molecular flexibility index (Phi) is 3.82. The zero-order chi connectivity index (χ0) is 13.9. The highest BCUT2D eigenvalue weighted by molar-refractivity contribution is 5.84. The molecule has 0 bridgehead atoms. The summed E-state index contributed by atoms with van der Waals surface area (Å²) in [4.78, 5) is 20.8. The second-order valence-electron chi connectivity index (χ2n) is 3.92. The zero-order valence-electron chi connectivity index (χ0n) is 9.55. The van der Waals surface area contributed by atoms with Crippen molar-refractivity contribution in [1.29, 1.82) is 0 Å². The molecular formula is C10H12FN3O4. The van der Waals surface area contributed by atoms with E-state index >= 15 is 0 Å². The number of nitrogens with two attached hydrogens (primary N) is 2. The van der Waals surface area contributed by atoms with Gasteiger partial charge in [-0.25, -0.2) is 4.39 Å². The molecule has 1 aromatic rings. The summed E-state index contributed by atoms with van der Waals surface area (Å²) in [5.74, 6) is -2.34. The van der Waals surface area contributed by atoms with Crippen LogP contribution in [0.2, 0.25) is 0 Å². The Balaban J connectivity index is 2.98. The summed E-state index contributed by atoms with van der Waals surface area (Å²) in [6, 6.07) is 3.26. The van der Waals surface area contributed by atoms with E-state index in [1.165, 1.54) is 13.0 Å². The van der Waals surface area contributed by atoms with Crippen molar-refractivity contribution in [3.05, 3.63) is 34.1 Å². The third-order valence-corrected chi connectivity index (χ3v) is 2.22. The highest BCUT2D eigenvalue weighted by Crippen LogP contribution is 2.29. The van der Waals surface area contributed by atoms with E-state index in [0.29, 0.717) is 0 Å². The van der Waals surface area contributed by atoms with Gasteiger partial charge in [-0.15, -0.1) is 0 Å². The van der Waals surface area contributed by atoms with Crippen LogP contribution in [0.5, 0.6) is 5.75 Å². The minimum atomic E-state index is -1.55. The van der Waals surface area contributed by atoms with Crippen LogP contribution in [-0.2, 0) is 4.79 Å². The van der Waals surface area contributed by atoms with Crippen molar-refractivity contribution < 1.29 is 18.8 Å². The molecule has 1 amide bonds. The van der Waals surface area contributed by atoms with Crippen molar-refractivity contribution >= 4 is 11.6 Å². The minimum absolute atomic E-state index is 0.468. The van der Waals surface area contributed by atoms with Crippen LogP contribution in [-0.4, -0.2) is 23.0 Å². The average molecular weight is 257 g/mol. The first-order chi connectivity index (χ1) is 8.25. The summed E-state index contributed by atoms with van der Waals surface area (Å²) in [7, 11) is 0. The van der Waals surface area contributed by atoms with Crippen molar-refractivity contribution in [2.45, 2.75) is 12.5 Å². The maximum absolute atomic E-state index is 13.4. The number of carbonyl (C=O) groups is 1. The maximum Gasteiger partial charge on any atom is 0.314 e. The van der Waals surface area contributed by atoms with Gasteiger partial charge in [0.25, 0.3) is 0 Å². The number of halogens is 1. The predicted octanol–water partition coefficient (Wildman–Crippen LogP) is 0.315. The normalized spacial score (nSPS) is 13.7. The number of rotatable bonds is 5. The van der Waals surface area contributed by atoms with Crippen LogP contribution < -0.4 is 16.2 Å². The van der Waals surface area contributed by atoms with Gasteiger partial charge in [0.1, 0.15) is 12.1 Å². The Morgan fingerprint density at radius 2 is 2.22 bits per heavy atom. The van der Waals surface area contributed by atoms with Crippen LogP contribution >= 0.6 is 0 Å². The predicted molar refractivity (Wildman–Crippen MR) is 60.3 cm³/mol. The van der Waals surface area contributed by atoms with Crippen LogP contribution in [0.4, 0.5) is 10.1 Å². The number of nitrogens with zero attached hydrogens (tertiary/aromatic N) is 1. The fourth-order valence-corrected chi connectivity index (χ4v) is 1.08. The number of nitro benzene ring substituents is 1. The molecule has 0 radical (unpaired) electrons. The first-order valence-electron chi connectivity index (χ1n) is 4.90. The van der Waals surface area contributed by atoms with Gasteiger partial charge in [0.05, 0.1) is 4.92 Å². The van der Waals surface area contributed by atoms with E-state index in [4.69, 9.17) is 16.2 Å². The third kappa shape index (κ3) is 2.92. The maximum atomic E-state index is 13.4. The van der Waals surface area contributed by atoms with E-state index < -0.39 is 40.2 Å². The largest absolute Gasteiger partial charge is 0.482 e. The lowest BCUT2D eigenvalue weighted by atomic mass is 10.1. The fraction of sp³-hybridized carbons (Fsp3) is 0.300. The Labute approximate surface area is 102 Å². The summed E-state index contributed by atoms with van der Waals surface area (Å²) in [6.07, 6.45) is 0. The Morgan fingerprint density at radius 3 is 2.72 bits per heavy atom. The Hall–Kier alpha value is -2.22. The highest BCUT2D eigenvalue weighted by Gasteiger charge is 2.29. The van der Waals surface area contributed by atoms with E-state index in [1.54, 1.807) is 0 Å². The summed E-state index contributed by atoms with van der Waals surface area (Å²) in [5, 5.41) is 10.7. The molecule has 0 fully saturated rings. The first kappa shape index (κ1) is 13.8. The molecule has 0 aliphatic carbocycles. The molecule has 1 rings (SSSR count). The zero-order valence-corrected chi connectivity index (χ0v) is 9.55. The minimum Gasteiger partial charge on any atom is -0.482 e. The van der Waals surface area contributed by atoms with E-state index in [9.17, 15) is 19.3 Å². The molecule has 18 heavy (non-hydrogen) atoms. The molecule has 0 aliphatic heterocycles. The molecule has 0 heterocycles. The average Bonchev–Trinajstić information content (AvgIpc) is 2.26. The second-order valence-corrected chi connectivity index (χ2v) is 3.92. The van der Waals surface area contributed by atoms with Gasteiger partial charge in [-0.2, -0.15) is 0 Å². The van der Waals surface area contributed by atoms with Crippen molar-refractivity contribution in [3.8, 4) is 5.75 Å². The van der Waals surface area contributed by atoms with E-state index in [1.807, 2.05) is 0 Å². The summed E-state index contributed by atoms with van der Waals surface area (Å²) < 4.78 is 18.3. The van der Waals surface area contributed by atoms with Gasteiger partial charge in [0.2, 0.25) is 11.7 Å². The molecule has 0 aromatic heterocycles. The standard InChI is InChI=1S/C10H12FN3O4/c1-10(13,9(12)15)5-18-8-6(11)3-2-4-7(8)14(16)17/h2-4H,5,13H2,1H3,(H2,12,15). The fourth-order valence-electron chi connectivity index (χ4n) is 1.08. The van der Waals surface area contributed by atoms with Gasteiger partial charge >= 0.3 is 5.69 Å². The van der Waals surface area contributed by atoms with Crippen LogP contribution in [0.3, 0.4) is 0 Å². The van der Waals surface area contributed by atoms with Gasteiger partial charge in [0, 0.05) is 6.07 Å². The van der Waals surface area contributed by atoms with E-state index in [-0.39, 0.29) is 0 Å². The van der Waals surface area contributed by atoms with Gasteiger partial charge in [-0.1, -0.05) is 6.07 Å². The number of primary amides is 1. The van der Waals surface area contributed by atoms with Crippen LogP contribution in [0, 0.1) is 15.9 Å². The Bertz CT molecular complexity index is 490. The number of amides is 1. The topological polar surface area (TPSA) is 121 Å². The molecule has 0 aliphatic rings. The monoisotopic (exact) mass is 257 g/mol. The number of nitro groups is 1. The van der Waals surface area contributed by atoms with Crippen LogP contribution in [0.1, 0.15) is 6.92 Å². The lowest BCUT2D eigenvalue weighted by Crippen LogP contribution is -2.53. The number of ether oxygens (including phenoxy) is 1. The van der Waals surface area contributed by atoms with E-state index in [2.05, 4.69) is 0 Å². The SMILES string of the molecule is CC(N)(COc1c(F)cccc1[N+](=O)[O-])C(N)=O. The van der Waals surface area contributed by atoms with Gasteiger partial charge in [-0.05, 0) is 13.0 Å². The van der Waals surface area contributed by atoms with Gasteiger partial charge in [0.15, 0.2) is 5.82 Å². The molecule has 4 N–H and O–H groups in total. The summed E-state index contributed by atoms with van der Waals surface area (Å²) >= 11 is 0. The number of carbonyl (C=O) groups excluding carboxylic acids is 1. The van der Waals surface area contributed by atoms with Crippen molar-refractivity contribution in [3.63, 3.8) is 0 Å². The number of para-hydroxylation sites is 1. The molecule has 0 spiro atoms. The molecule has 1 atom stereocenters. The van der Waals surface area contributed by atoms with Gasteiger partial charge < -0.3 is 16.2 Å². The molecule has 7 nitrogen and oxygen atoms in total. The number of benzene rings is 1. The molecule has 0 saturated heterocycles. The highest BCUT2D eigenvalue weighted by atomic mass is 19.1. The van der Waals surface area contributed by atoms with E-state index in [0.717, 1.165) is 12.1 Å².